The molecule has 4 nitrogen and oxygen atoms in total. The Bertz CT molecular complexity index is 107. The highest BCUT2D eigenvalue weighted by molar-refractivity contribution is 5.73. The Morgan fingerprint density at radius 2 is 2.18 bits per heavy atom. The van der Waals surface area contributed by atoms with E-state index in [0.29, 0.717) is 6.54 Å². The van der Waals surface area contributed by atoms with Crippen molar-refractivity contribution in [1.82, 2.24) is 10.6 Å². The van der Waals surface area contributed by atoms with Gasteiger partial charge in [-0.3, -0.25) is 0 Å². The molecule has 11 heavy (non-hydrogen) atoms. The van der Waals surface area contributed by atoms with Crippen molar-refractivity contribution < 1.29 is 9.53 Å². The number of rotatable bonds is 5. The Hall–Kier alpha value is -0.770. The maximum Gasteiger partial charge on any atom is 0.314 e. The molecule has 4 heteroatoms. The Morgan fingerprint density at radius 1 is 1.45 bits per heavy atom. The number of unbranched alkanes of at least 4 members (excludes halogenated alkanes) is 1. The summed E-state index contributed by atoms with van der Waals surface area (Å²) in [4.78, 5) is 10.6. The summed E-state index contributed by atoms with van der Waals surface area (Å²) in [5.74, 6) is 0. The highest BCUT2D eigenvalue weighted by atomic mass is 16.5. The largest absolute Gasteiger partial charge is 0.385 e. The normalized spacial score (nSPS) is 9.27. The number of hydrogen-bond donors (Lipinski definition) is 2. The molecule has 66 valence electrons. The van der Waals surface area contributed by atoms with Crippen molar-refractivity contribution in [2.75, 3.05) is 27.3 Å². The van der Waals surface area contributed by atoms with Crippen molar-refractivity contribution in [3.8, 4) is 0 Å². The third-order valence-electron chi connectivity index (χ3n) is 1.29. The molecular formula is C7H16N2O2. The van der Waals surface area contributed by atoms with E-state index in [0.717, 1.165) is 19.4 Å². The smallest absolute Gasteiger partial charge is 0.314 e. The fourth-order valence-electron chi connectivity index (χ4n) is 0.662. The molecule has 0 heterocycles. The van der Waals surface area contributed by atoms with E-state index in [9.17, 15) is 4.79 Å². The Morgan fingerprint density at radius 3 is 2.73 bits per heavy atom. The minimum atomic E-state index is -0.123. The second-order valence-electron chi connectivity index (χ2n) is 2.21. The predicted octanol–water partition coefficient (Wildman–Crippen LogP) is 0.342. The minimum Gasteiger partial charge on any atom is -0.385 e. The average Bonchev–Trinajstić information content (AvgIpc) is 2.04. The van der Waals surface area contributed by atoms with E-state index >= 15 is 0 Å². The predicted molar refractivity (Wildman–Crippen MR) is 43.6 cm³/mol. The van der Waals surface area contributed by atoms with Gasteiger partial charge in [-0.1, -0.05) is 0 Å². The van der Waals surface area contributed by atoms with E-state index in [2.05, 4.69) is 10.6 Å². The van der Waals surface area contributed by atoms with E-state index in [-0.39, 0.29) is 6.03 Å². The van der Waals surface area contributed by atoms with Crippen LogP contribution in [0.15, 0.2) is 0 Å². The van der Waals surface area contributed by atoms with Crippen LogP contribution in [0.4, 0.5) is 4.79 Å². The van der Waals surface area contributed by atoms with Gasteiger partial charge in [-0.25, -0.2) is 4.79 Å². The molecule has 0 atom stereocenters. The van der Waals surface area contributed by atoms with Crippen LogP contribution >= 0.6 is 0 Å². The number of hydrogen-bond acceptors (Lipinski definition) is 2. The summed E-state index contributed by atoms with van der Waals surface area (Å²) in [6.07, 6.45) is 1.95. The molecule has 0 aromatic heterocycles. The number of carbonyl (C=O) groups excluding carboxylic acids is 1. The molecule has 2 amide bonds. The zero-order valence-electron chi connectivity index (χ0n) is 7.14. The van der Waals surface area contributed by atoms with Gasteiger partial charge in [0.25, 0.3) is 0 Å². The van der Waals surface area contributed by atoms with Gasteiger partial charge < -0.3 is 15.4 Å². The fourth-order valence-corrected chi connectivity index (χ4v) is 0.662. The molecule has 2 N–H and O–H groups in total. The number of methoxy groups -OCH3 is 1. The SMILES string of the molecule is CNC(=O)NCCCCOC. The topological polar surface area (TPSA) is 50.4 Å². The Kier molecular flexibility index (Phi) is 6.82. The molecule has 0 spiro atoms. The molecule has 0 aliphatic rings. The van der Waals surface area contributed by atoms with E-state index in [1.165, 1.54) is 0 Å². The first kappa shape index (κ1) is 10.2. The lowest BCUT2D eigenvalue weighted by molar-refractivity contribution is 0.192. The first-order valence-corrected chi connectivity index (χ1v) is 3.75. The van der Waals surface area contributed by atoms with Crippen LogP contribution in [0.25, 0.3) is 0 Å². The molecule has 0 aliphatic heterocycles. The minimum absolute atomic E-state index is 0.123. The van der Waals surface area contributed by atoms with Crippen molar-refractivity contribution >= 4 is 6.03 Å². The van der Waals surface area contributed by atoms with Crippen LogP contribution in [-0.2, 0) is 4.74 Å². The quantitative estimate of drug-likeness (QED) is 0.570. The van der Waals surface area contributed by atoms with Gasteiger partial charge in [0.1, 0.15) is 0 Å². The summed E-state index contributed by atoms with van der Waals surface area (Å²) in [6, 6.07) is -0.123. The van der Waals surface area contributed by atoms with Crippen LogP contribution < -0.4 is 10.6 Å². The van der Waals surface area contributed by atoms with Gasteiger partial charge in [0.15, 0.2) is 0 Å². The highest BCUT2D eigenvalue weighted by Gasteiger charge is 1.92. The highest BCUT2D eigenvalue weighted by Crippen LogP contribution is 1.85. The van der Waals surface area contributed by atoms with Gasteiger partial charge in [0, 0.05) is 27.3 Å². The first-order chi connectivity index (χ1) is 5.31. The summed E-state index contributed by atoms with van der Waals surface area (Å²) in [5, 5.41) is 5.16. The molecule has 0 unspecified atom stereocenters. The van der Waals surface area contributed by atoms with Crippen molar-refractivity contribution in [2.24, 2.45) is 0 Å². The molecule has 0 radical (unpaired) electrons. The van der Waals surface area contributed by atoms with Crippen LogP contribution in [-0.4, -0.2) is 33.3 Å². The number of ether oxygens (including phenoxy) is 1. The summed E-state index contributed by atoms with van der Waals surface area (Å²) >= 11 is 0. The van der Waals surface area contributed by atoms with Crippen LogP contribution in [0.5, 0.6) is 0 Å². The van der Waals surface area contributed by atoms with Crippen molar-refractivity contribution in [3.63, 3.8) is 0 Å². The monoisotopic (exact) mass is 160 g/mol. The van der Waals surface area contributed by atoms with Crippen LogP contribution in [0.3, 0.4) is 0 Å². The van der Waals surface area contributed by atoms with Gasteiger partial charge in [-0.05, 0) is 12.8 Å². The Labute approximate surface area is 67.3 Å². The lowest BCUT2D eigenvalue weighted by Crippen LogP contribution is -2.33. The standard InChI is InChI=1S/C7H16N2O2/c1-8-7(10)9-5-3-4-6-11-2/h3-6H2,1-2H3,(H2,8,9,10). The van der Waals surface area contributed by atoms with Crippen LogP contribution in [0, 0.1) is 0 Å². The third kappa shape index (κ3) is 7.12. The van der Waals surface area contributed by atoms with Gasteiger partial charge in [0.05, 0.1) is 0 Å². The van der Waals surface area contributed by atoms with E-state index in [1.807, 2.05) is 0 Å². The lowest BCUT2D eigenvalue weighted by Gasteiger charge is -2.02. The average molecular weight is 160 g/mol. The molecule has 0 saturated heterocycles. The third-order valence-corrected chi connectivity index (χ3v) is 1.29. The van der Waals surface area contributed by atoms with E-state index in [4.69, 9.17) is 4.74 Å². The van der Waals surface area contributed by atoms with Gasteiger partial charge in [-0.2, -0.15) is 0 Å². The van der Waals surface area contributed by atoms with Crippen molar-refractivity contribution in [3.05, 3.63) is 0 Å². The fraction of sp³-hybridized carbons (Fsp3) is 0.857. The summed E-state index contributed by atoms with van der Waals surface area (Å²) in [5.41, 5.74) is 0. The number of amides is 2. The molecule has 0 fully saturated rings. The Balaban J connectivity index is 2.95. The van der Waals surface area contributed by atoms with E-state index in [1.54, 1.807) is 14.2 Å². The maximum atomic E-state index is 10.6. The summed E-state index contributed by atoms with van der Waals surface area (Å²) in [7, 11) is 3.27. The molecule has 0 bridgehead atoms. The first-order valence-electron chi connectivity index (χ1n) is 3.75. The van der Waals surface area contributed by atoms with Crippen LogP contribution in [0.2, 0.25) is 0 Å². The molecule has 0 aromatic carbocycles. The molecular weight excluding hydrogens is 144 g/mol. The molecule has 0 rings (SSSR count). The molecule has 0 aromatic rings. The lowest BCUT2D eigenvalue weighted by atomic mass is 10.3. The van der Waals surface area contributed by atoms with Gasteiger partial charge >= 0.3 is 6.03 Å². The summed E-state index contributed by atoms with van der Waals surface area (Å²) < 4.78 is 4.85. The zero-order valence-corrected chi connectivity index (χ0v) is 7.14. The van der Waals surface area contributed by atoms with E-state index < -0.39 is 0 Å². The number of urea groups is 1. The molecule has 0 aliphatic carbocycles. The van der Waals surface area contributed by atoms with Gasteiger partial charge in [-0.15, -0.1) is 0 Å². The molecule has 0 saturated carbocycles. The van der Waals surface area contributed by atoms with Crippen molar-refractivity contribution in [2.45, 2.75) is 12.8 Å². The number of carbonyl (C=O) groups is 1. The maximum absolute atomic E-state index is 10.6. The van der Waals surface area contributed by atoms with Crippen molar-refractivity contribution in [1.29, 1.82) is 0 Å². The second kappa shape index (κ2) is 7.34. The zero-order chi connectivity index (χ0) is 8.53. The number of nitrogens with one attached hydrogen (secondary N) is 2. The summed E-state index contributed by atoms with van der Waals surface area (Å²) in [6.45, 7) is 1.47. The van der Waals surface area contributed by atoms with Crippen LogP contribution in [0.1, 0.15) is 12.8 Å². The second-order valence-corrected chi connectivity index (χ2v) is 2.21. The van der Waals surface area contributed by atoms with Gasteiger partial charge in [0.2, 0.25) is 0 Å².